The molecule has 2 aromatic heterocycles. The van der Waals surface area contributed by atoms with E-state index in [2.05, 4.69) is 15.3 Å². The summed E-state index contributed by atoms with van der Waals surface area (Å²) in [7, 11) is 0. The summed E-state index contributed by atoms with van der Waals surface area (Å²) in [5, 5.41) is 2.66. The van der Waals surface area contributed by atoms with Crippen molar-refractivity contribution in [3.05, 3.63) is 52.4 Å². The number of benzene rings is 1. The van der Waals surface area contributed by atoms with E-state index in [1.54, 1.807) is 12.1 Å². The summed E-state index contributed by atoms with van der Waals surface area (Å²) in [6, 6.07) is 5.92. The number of fused-ring (bicyclic) bond motifs is 1. The van der Waals surface area contributed by atoms with Crippen molar-refractivity contribution < 1.29 is 13.6 Å². The molecular weight excluding hydrogens is 281 g/mol. The van der Waals surface area contributed by atoms with Crippen LogP contribution in [0.2, 0.25) is 0 Å². The number of aromatic nitrogens is 2. The number of H-pyrrole nitrogens is 2. The van der Waals surface area contributed by atoms with Gasteiger partial charge >= 0.3 is 0 Å². The van der Waals surface area contributed by atoms with Gasteiger partial charge in [0.2, 0.25) is 0 Å². The molecule has 2 heterocycles. The lowest BCUT2D eigenvalue weighted by Crippen LogP contribution is -2.23. The minimum absolute atomic E-state index is 0.193. The fourth-order valence-corrected chi connectivity index (χ4v) is 2.17. The predicted octanol–water partition coefficient (Wildman–Crippen LogP) is 2.89. The average molecular weight is 291 g/mol. The first-order valence-corrected chi connectivity index (χ1v) is 6.26. The maximum absolute atomic E-state index is 13.5. The Kier molecular flexibility index (Phi) is 3.11. The van der Waals surface area contributed by atoms with E-state index in [0.717, 1.165) is 0 Å². The van der Waals surface area contributed by atoms with E-state index in [9.17, 15) is 9.18 Å². The predicted molar refractivity (Wildman–Crippen MR) is 73.3 cm³/mol. The Bertz CT molecular complexity index is 820. The monoisotopic (exact) mass is 291 g/mol. The van der Waals surface area contributed by atoms with E-state index >= 15 is 0 Å². The Labute approximate surface area is 117 Å². The van der Waals surface area contributed by atoms with Gasteiger partial charge in [0.15, 0.2) is 4.77 Å². The van der Waals surface area contributed by atoms with Crippen molar-refractivity contribution in [1.82, 2.24) is 15.3 Å². The summed E-state index contributed by atoms with van der Waals surface area (Å²) in [5.41, 5.74) is 1.13. The van der Waals surface area contributed by atoms with E-state index in [1.807, 2.05) is 0 Å². The highest BCUT2D eigenvalue weighted by Crippen LogP contribution is 2.18. The molecule has 3 aromatic rings. The first kappa shape index (κ1) is 12.6. The first-order valence-electron chi connectivity index (χ1n) is 5.85. The minimum atomic E-state index is -0.508. The van der Waals surface area contributed by atoms with Gasteiger partial charge in [0, 0.05) is 0 Å². The van der Waals surface area contributed by atoms with Gasteiger partial charge in [0.05, 0.1) is 29.4 Å². The van der Waals surface area contributed by atoms with Crippen LogP contribution in [-0.2, 0) is 6.54 Å². The summed E-state index contributed by atoms with van der Waals surface area (Å²) in [5.74, 6) is -0.296. The molecule has 0 aliphatic carbocycles. The maximum Gasteiger partial charge on any atom is 0.253 e. The fraction of sp³-hybridized carbons (Fsp3) is 0.0769. The summed E-state index contributed by atoms with van der Waals surface area (Å²) < 4.78 is 19.0. The molecule has 1 aromatic carbocycles. The van der Waals surface area contributed by atoms with Crippen LogP contribution in [0.4, 0.5) is 4.39 Å². The normalized spacial score (nSPS) is 10.8. The van der Waals surface area contributed by atoms with Crippen molar-refractivity contribution in [2.75, 3.05) is 0 Å². The van der Waals surface area contributed by atoms with Crippen molar-refractivity contribution in [1.29, 1.82) is 0 Å². The van der Waals surface area contributed by atoms with Crippen LogP contribution in [0.5, 0.6) is 0 Å². The van der Waals surface area contributed by atoms with Crippen LogP contribution < -0.4 is 5.32 Å². The van der Waals surface area contributed by atoms with Gasteiger partial charge in [-0.05, 0) is 36.5 Å². The lowest BCUT2D eigenvalue weighted by atomic mass is 10.1. The molecule has 20 heavy (non-hydrogen) atoms. The van der Waals surface area contributed by atoms with Gasteiger partial charge in [-0.15, -0.1) is 0 Å². The van der Waals surface area contributed by atoms with Gasteiger partial charge in [-0.25, -0.2) is 4.39 Å². The smallest absolute Gasteiger partial charge is 0.253 e. The number of carbonyl (C=O) groups excluding carboxylic acids is 1. The number of aromatic amines is 2. The summed E-state index contributed by atoms with van der Waals surface area (Å²) in [6.45, 7) is 0.231. The van der Waals surface area contributed by atoms with Crippen LogP contribution in [0.1, 0.15) is 16.1 Å². The molecule has 0 saturated heterocycles. The molecule has 0 atom stereocenters. The summed E-state index contributed by atoms with van der Waals surface area (Å²) in [6.07, 6.45) is 1.52. The Morgan fingerprint density at radius 3 is 3.00 bits per heavy atom. The molecule has 0 saturated carbocycles. The van der Waals surface area contributed by atoms with Gasteiger partial charge in [0.25, 0.3) is 5.91 Å². The molecule has 7 heteroatoms. The van der Waals surface area contributed by atoms with Gasteiger partial charge in [-0.3, -0.25) is 4.79 Å². The highest BCUT2D eigenvalue weighted by Gasteiger charge is 2.14. The molecular formula is C13H10FN3O2S. The standard InChI is InChI=1S/C13H10FN3O2S/c14-7-4-9(11-10(5-7)16-13(20)17-11)12(18)15-6-8-2-1-3-19-8/h1-5H,6H2,(H,15,18)(H2,16,17,20). The molecule has 0 radical (unpaired) electrons. The number of carbonyl (C=O) groups is 1. The minimum Gasteiger partial charge on any atom is -0.467 e. The average Bonchev–Trinajstić information content (AvgIpc) is 3.03. The fourth-order valence-electron chi connectivity index (χ4n) is 1.96. The van der Waals surface area contributed by atoms with Gasteiger partial charge in [-0.1, -0.05) is 0 Å². The Morgan fingerprint density at radius 1 is 1.40 bits per heavy atom. The topological polar surface area (TPSA) is 73.8 Å². The second kappa shape index (κ2) is 4.93. The molecule has 0 aliphatic heterocycles. The van der Waals surface area contributed by atoms with Crippen molar-refractivity contribution >= 4 is 29.2 Å². The number of nitrogens with one attached hydrogen (secondary N) is 3. The van der Waals surface area contributed by atoms with E-state index in [-0.39, 0.29) is 12.1 Å². The highest BCUT2D eigenvalue weighted by molar-refractivity contribution is 7.71. The third kappa shape index (κ3) is 2.35. The molecule has 1 amide bonds. The summed E-state index contributed by atoms with van der Waals surface area (Å²) >= 11 is 4.95. The second-order valence-corrected chi connectivity index (χ2v) is 4.63. The number of imidazole rings is 1. The molecule has 0 aliphatic rings. The lowest BCUT2D eigenvalue weighted by Gasteiger charge is -2.05. The van der Waals surface area contributed by atoms with Crippen molar-refractivity contribution in [3.8, 4) is 0 Å². The number of hydrogen-bond donors (Lipinski definition) is 3. The van der Waals surface area contributed by atoms with Crippen LogP contribution in [-0.4, -0.2) is 15.9 Å². The zero-order valence-electron chi connectivity index (χ0n) is 10.2. The molecule has 102 valence electrons. The molecule has 0 unspecified atom stereocenters. The molecule has 3 N–H and O–H groups in total. The van der Waals surface area contributed by atoms with Gasteiger partial charge < -0.3 is 19.7 Å². The van der Waals surface area contributed by atoms with E-state index in [1.165, 1.54) is 18.4 Å². The quantitative estimate of drug-likeness (QED) is 0.650. The Balaban J connectivity index is 1.92. The Hall–Kier alpha value is -2.41. The molecule has 0 spiro atoms. The third-order valence-corrected chi connectivity index (χ3v) is 3.04. The molecule has 5 nitrogen and oxygen atoms in total. The highest BCUT2D eigenvalue weighted by atomic mass is 32.1. The van der Waals surface area contributed by atoms with Crippen molar-refractivity contribution in [2.45, 2.75) is 6.54 Å². The van der Waals surface area contributed by atoms with E-state index < -0.39 is 11.7 Å². The lowest BCUT2D eigenvalue weighted by molar-refractivity contribution is 0.0949. The number of furan rings is 1. The summed E-state index contributed by atoms with van der Waals surface area (Å²) in [4.78, 5) is 17.7. The van der Waals surface area contributed by atoms with Crippen LogP contribution in [0.3, 0.4) is 0 Å². The number of halogens is 1. The number of hydrogen-bond acceptors (Lipinski definition) is 3. The molecule has 0 bridgehead atoms. The third-order valence-electron chi connectivity index (χ3n) is 2.84. The van der Waals surface area contributed by atoms with Gasteiger partial charge in [0.1, 0.15) is 11.6 Å². The zero-order valence-corrected chi connectivity index (χ0v) is 11.0. The van der Waals surface area contributed by atoms with E-state index in [4.69, 9.17) is 16.6 Å². The van der Waals surface area contributed by atoms with Crippen LogP contribution in [0, 0.1) is 10.6 Å². The molecule has 0 fully saturated rings. The number of rotatable bonds is 3. The van der Waals surface area contributed by atoms with E-state index in [0.29, 0.717) is 21.6 Å². The maximum atomic E-state index is 13.5. The Morgan fingerprint density at radius 2 is 2.25 bits per heavy atom. The van der Waals surface area contributed by atoms with Crippen LogP contribution in [0.25, 0.3) is 11.0 Å². The van der Waals surface area contributed by atoms with Crippen molar-refractivity contribution in [2.24, 2.45) is 0 Å². The first-order chi connectivity index (χ1) is 9.63. The van der Waals surface area contributed by atoms with Crippen molar-refractivity contribution in [3.63, 3.8) is 0 Å². The van der Waals surface area contributed by atoms with Gasteiger partial charge in [-0.2, -0.15) is 0 Å². The van der Waals surface area contributed by atoms with Crippen LogP contribution >= 0.6 is 12.2 Å². The largest absolute Gasteiger partial charge is 0.467 e. The van der Waals surface area contributed by atoms with Crippen LogP contribution in [0.15, 0.2) is 34.9 Å². The zero-order chi connectivity index (χ0) is 14.1. The molecule has 3 rings (SSSR count). The second-order valence-electron chi connectivity index (χ2n) is 4.22. The SMILES string of the molecule is O=C(NCc1ccco1)c1cc(F)cc2[nH]c(=S)[nH]c12. The number of amides is 1.